The zero-order valence-corrected chi connectivity index (χ0v) is 11.8. The van der Waals surface area contributed by atoms with Crippen LogP contribution in [0.1, 0.15) is 10.4 Å². The Balaban J connectivity index is 1.88. The highest BCUT2D eigenvalue weighted by molar-refractivity contribution is 7.85. The summed E-state index contributed by atoms with van der Waals surface area (Å²) in [6.07, 6.45) is 0. The van der Waals surface area contributed by atoms with Crippen LogP contribution in [-0.2, 0) is 10.8 Å². The van der Waals surface area contributed by atoms with Gasteiger partial charge in [0.1, 0.15) is 18.2 Å². The summed E-state index contributed by atoms with van der Waals surface area (Å²) >= 11 is 0. The van der Waals surface area contributed by atoms with Gasteiger partial charge in [0, 0.05) is 0 Å². The van der Waals surface area contributed by atoms with E-state index >= 15 is 0 Å². The van der Waals surface area contributed by atoms with Crippen molar-refractivity contribution < 1.29 is 23.2 Å². The Kier molecular flexibility index (Phi) is 5.05. The smallest absolute Gasteiger partial charge is 0.335 e. The maximum absolute atomic E-state index is 13.4. The molecule has 0 bridgehead atoms. The summed E-state index contributed by atoms with van der Waals surface area (Å²) < 4.78 is 30.7. The van der Waals surface area contributed by atoms with E-state index in [1.54, 1.807) is 6.07 Å². The Bertz CT molecular complexity index is 655. The molecule has 1 N–H and O–H groups in total. The zero-order chi connectivity index (χ0) is 15.2. The highest BCUT2D eigenvalue weighted by atomic mass is 32.2. The van der Waals surface area contributed by atoms with Crippen molar-refractivity contribution in [2.75, 3.05) is 12.4 Å². The molecule has 1 atom stereocenters. The minimum absolute atomic E-state index is 0.146. The number of hydrogen-bond acceptors (Lipinski definition) is 3. The number of halogens is 1. The Morgan fingerprint density at radius 1 is 1.14 bits per heavy atom. The van der Waals surface area contributed by atoms with Crippen molar-refractivity contribution in [1.82, 2.24) is 0 Å². The van der Waals surface area contributed by atoms with Gasteiger partial charge in [-0.15, -0.1) is 0 Å². The maximum atomic E-state index is 13.4. The van der Waals surface area contributed by atoms with Crippen LogP contribution in [0, 0.1) is 5.82 Å². The molecule has 0 heterocycles. The van der Waals surface area contributed by atoms with Crippen LogP contribution in [0.25, 0.3) is 0 Å². The van der Waals surface area contributed by atoms with Gasteiger partial charge in [0.05, 0.1) is 27.0 Å². The monoisotopic (exact) mass is 308 g/mol. The van der Waals surface area contributed by atoms with Gasteiger partial charge in [-0.05, 0) is 36.4 Å². The standard InChI is InChI=1S/C15H13FO4S/c16-13-3-1-2-4-14(13)21(19)10-9-20-12-7-5-11(6-8-12)15(17)18/h1-8H,9-10H2,(H,17,18). The lowest BCUT2D eigenvalue weighted by Gasteiger charge is -2.07. The number of benzene rings is 2. The second-order valence-electron chi connectivity index (χ2n) is 4.16. The van der Waals surface area contributed by atoms with Crippen LogP contribution in [0.4, 0.5) is 4.39 Å². The minimum atomic E-state index is -1.47. The zero-order valence-electron chi connectivity index (χ0n) is 11.0. The largest absolute Gasteiger partial charge is 0.493 e. The number of rotatable bonds is 6. The Hall–Kier alpha value is -2.21. The number of carbonyl (C=O) groups is 1. The predicted octanol–water partition coefficient (Wildman–Crippen LogP) is 2.71. The van der Waals surface area contributed by atoms with E-state index in [4.69, 9.17) is 9.84 Å². The van der Waals surface area contributed by atoms with Gasteiger partial charge in [-0.2, -0.15) is 0 Å². The van der Waals surface area contributed by atoms with E-state index in [0.717, 1.165) is 0 Å². The van der Waals surface area contributed by atoms with Crippen molar-refractivity contribution in [3.05, 3.63) is 59.9 Å². The first-order chi connectivity index (χ1) is 10.1. The second kappa shape index (κ2) is 6.99. The number of hydrogen-bond donors (Lipinski definition) is 1. The molecule has 1 unspecified atom stereocenters. The lowest BCUT2D eigenvalue weighted by molar-refractivity contribution is 0.0697. The van der Waals surface area contributed by atoms with Crippen molar-refractivity contribution in [2.45, 2.75) is 4.90 Å². The quantitative estimate of drug-likeness (QED) is 0.891. The first-order valence-electron chi connectivity index (χ1n) is 6.17. The van der Waals surface area contributed by atoms with Crippen LogP contribution in [0.5, 0.6) is 5.75 Å². The van der Waals surface area contributed by atoms with Gasteiger partial charge in [0.2, 0.25) is 0 Å². The number of aromatic carboxylic acids is 1. The third kappa shape index (κ3) is 4.13. The molecule has 0 saturated carbocycles. The van der Waals surface area contributed by atoms with Gasteiger partial charge < -0.3 is 9.84 Å². The lowest BCUT2D eigenvalue weighted by atomic mass is 10.2. The van der Waals surface area contributed by atoms with E-state index in [1.165, 1.54) is 42.5 Å². The number of ether oxygens (including phenoxy) is 1. The molecule has 110 valence electrons. The topological polar surface area (TPSA) is 63.6 Å². The van der Waals surface area contributed by atoms with Crippen molar-refractivity contribution in [3.63, 3.8) is 0 Å². The van der Waals surface area contributed by atoms with E-state index in [2.05, 4.69) is 0 Å². The molecular formula is C15H13FO4S. The molecule has 2 aromatic carbocycles. The summed E-state index contributed by atoms with van der Waals surface area (Å²) in [6, 6.07) is 11.8. The molecule has 0 aliphatic rings. The van der Waals surface area contributed by atoms with Gasteiger partial charge >= 0.3 is 5.97 Å². The van der Waals surface area contributed by atoms with Gasteiger partial charge in [-0.1, -0.05) is 12.1 Å². The average molecular weight is 308 g/mol. The Morgan fingerprint density at radius 2 is 1.81 bits per heavy atom. The second-order valence-corrected chi connectivity index (χ2v) is 5.70. The Morgan fingerprint density at radius 3 is 2.43 bits per heavy atom. The van der Waals surface area contributed by atoms with E-state index < -0.39 is 22.6 Å². The van der Waals surface area contributed by atoms with E-state index in [-0.39, 0.29) is 22.8 Å². The van der Waals surface area contributed by atoms with Crippen LogP contribution in [0.3, 0.4) is 0 Å². The van der Waals surface area contributed by atoms with Crippen LogP contribution < -0.4 is 4.74 Å². The van der Waals surface area contributed by atoms with E-state index in [1.807, 2.05) is 0 Å². The first-order valence-corrected chi connectivity index (χ1v) is 7.49. The maximum Gasteiger partial charge on any atom is 0.335 e. The fraction of sp³-hybridized carbons (Fsp3) is 0.133. The molecule has 0 spiro atoms. The van der Waals surface area contributed by atoms with Crippen molar-refractivity contribution in [2.24, 2.45) is 0 Å². The molecular weight excluding hydrogens is 295 g/mol. The molecule has 21 heavy (non-hydrogen) atoms. The Labute approximate surface area is 123 Å². The third-order valence-corrected chi connectivity index (χ3v) is 4.08. The van der Waals surface area contributed by atoms with Crippen LogP contribution in [0.2, 0.25) is 0 Å². The lowest BCUT2D eigenvalue weighted by Crippen LogP contribution is -2.10. The molecule has 0 aliphatic heterocycles. The molecule has 2 rings (SSSR count). The summed E-state index contributed by atoms with van der Waals surface area (Å²) in [5.74, 6) is -0.879. The normalized spacial score (nSPS) is 11.9. The summed E-state index contributed by atoms with van der Waals surface area (Å²) in [5, 5.41) is 8.76. The molecule has 6 heteroatoms. The van der Waals surface area contributed by atoms with Crippen LogP contribution >= 0.6 is 0 Å². The summed E-state index contributed by atoms with van der Waals surface area (Å²) in [6.45, 7) is 0.146. The van der Waals surface area contributed by atoms with Crippen LogP contribution in [0.15, 0.2) is 53.4 Å². The summed E-state index contributed by atoms with van der Waals surface area (Å²) in [7, 11) is -1.47. The first kappa shape index (κ1) is 15.2. The number of carboxylic acids is 1. The predicted molar refractivity (Wildman–Crippen MR) is 76.6 cm³/mol. The molecule has 0 radical (unpaired) electrons. The molecule has 0 saturated heterocycles. The SMILES string of the molecule is O=C(O)c1ccc(OCCS(=O)c2ccccc2F)cc1. The van der Waals surface area contributed by atoms with Crippen molar-refractivity contribution in [3.8, 4) is 5.75 Å². The average Bonchev–Trinajstić information content (AvgIpc) is 2.48. The molecule has 0 aromatic heterocycles. The van der Waals surface area contributed by atoms with E-state index in [9.17, 15) is 13.4 Å². The van der Waals surface area contributed by atoms with Gasteiger partial charge in [0.15, 0.2) is 0 Å². The molecule has 4 nitrogen and oxygen atoms in total. The van der Waals surface area contributed by atoms with Crippen molar-refractivity contribution in [1.29, 1.82) is 0 Å². The molecule has 0 aliphatic carbocycles. The van der Waals surface area contributed by atoms with Gasteiger partial charge in [0.25, 0.3) is 0 Å². The van der Waals surface area contributed by atoms with Crippen LogP contribution in [-0.4, -0.2) is 27.6 Å². The third-order valence-electron chi connectivity index (χ3n) is 2.72. The highest BCUT2D eigenvalue weighted by Gasteiger charge is 2.09. The van der Waals surface area contributed by atoms with Gasteiger partial charge in [-0.3, -0.25) is 4.21 Å². The molecule has 2 aromatic rings. The number of carboxylic acid groups (broad SMARTS) is 1. The summed E-state index contributed by atoms with van der Waals surface area (Å²) in [4.78, 5) is 10.8. The highest BCUT2D eigenvalue weighted by Crippen LogP contribution is 2.14. The van der Waals surface area contributed by atoms with Crippen molar-refractivity contribution >= 4 is 16.8 Å². The molecule has 0 fully saturated rings. The molecule has 0 amide bonds. The van der Waals surface area contributed by atoms with E-state index in [0.29, 0.717) is 5.75 Å². The van der Waals surface area contributed by atoms with Gasteiger partial charge in [-0.25, -0.2) is 9.18 Å². The summed E-state index contributed by atoms with van der Waals surface area (Å²) in [5.41, 5.74) is 0.164. The fourth-order valence-electron chi connectivity index (χ4n) is 1.67. The minimum Gasteiger partial charge on any atom is -0.493 e. The fourth-order valence-corrected chi connectivity index (χ4v) is 2.64.